The molecule has 0 aliphatic rings. The van der Waals surface area contributed by atoms with Gasteiger partial charge in [-0.1, -0.05) is 83.0 Å². The maximum Gasteiger partial charge on any atom is 0.223 e. The van der Waals surface area contributed by atoms with Crippen molar-refractivity contribution in [1.29, 1.82) is 0 Å². The van der Waals surface area contributed by atoms with Crippen LogP contribution in [0.15, 0.2) is 73.1 Å². The zero-order valence-electron chi connectivity index (χ0n) is 23.2. The van der Waals surface area contributed by atoms with Crippen LogP contribution in [0.3, 0.4) is 0 Å². The van der Waals surface area contributed by atoms with Gasteiger partial charge in [0.25, 0.3) is 0 Å². The van der Waals surface area contributed by atoms with Gasteiger partial charge in [-0.25, -0.2) is 0 Å². The SMILES string of the molecule is Cc1ccc(CC(CCC(C)CC(C(=O)NCc2ccc(-n3cccc3)cc2)C(C)C)C(C)C)cc1. The minimum atomic E-state index is 0.0498. The molecule has 0 radical (unpaired) electrons. The molecule has 0 aliphatic heterocycles. The maximum absolute atomic E-state index is 13.1. The van der Waals surface area contributed by atoms with Gasteiger partial charge in [0.15, 0.2) is 0 Å². The summed E-state index contributed by atoms with van der Waals surface area (Å²) in [6, 6.07) is 21.4. The topological polar surface area (TPSA) is 34.0 Å². The van der Waals surface area contributed by atoms with Gasteiger partial charge < -0.3 is 9.88 Å². The van der Waals surface area contributed by atoms with Gasteiger partial charge >= 0.3 is 0 Å². The first-order valence-corrected chi connectivity index (χ1v) is 13.8. The van der Waals surface area contributed by atoms with Crippen LogP contribution in [0.2, 0.25) is 0 Å². The Bertz CT molecular complexity index is 1030. The van der Waals surface area contributed by atoms with Crippen LogP contribution < -0.4 is 5.32 Å². The minimum absolute atomic E-state index is 0.0498. The van der Waals surface area contributed by atoms with Crippen LogP contribution in [-0.2, 0) is 17.8 Å². The molecule has 0 spiro atoms. The Balaban J connectivity index is 1.49. The molecule has 3 heteroatoms. The molecule has 0 aliphatic carbocycles. The van der Waals surface area contributed by atoms with E-state index in [1.54, 1.807) is 0 Å². The summed E-state index contributed by atoms with van der Waals surface area (Å²) in [6.45, 7) is 14.1. The quantitative estimate of drug-likeness (QED) is 0.261. The highest BCUT2D eigenvalue weighted by Crippen LogP contribution is 2.29. The third-order valence-corrected chi connectivity index (χ3v) is 7.70. The van der Waals surface area contributed by atoms with Crippen molar-refractivity contribution in [2.75, 3.05) is 0 Å². The fourth-order valence-electron chi connectivity index (χ4n) is 5.04. The summed E-state index contributed by atoms with van der Waals surface area (Å²) in [5, 5.41) is 3.21. The van der Waals surface area contributed by atoms with Crippen molar-refractivity contribution in [1.82, 2.24) is 9.88 Å². The van der Waals surface area contributed by atoms with E-state index >= 15 is 0 Å². The minimum Gasteiger partial charge on any atom is -0.352 e. The molecule has 36 heavy (non-hydrogen) atoms. The number of hydrogen-bond acceptors (Lipinski definition) is 1. The number of carbonyl (C=O) groups is 1. The van der Waals surface area contributed by atoms with E-state index in [1.807, 2.05) is 24.5 Å². The number of hydrogen-bond donors (Lipinski definition) is 1. The van der Waals surface area contributed by atoms with E-state index in [-0.39, 0.29) is 11.8 Å². The lowest BCUT2D eigenvalue weighted by atomic mass is 9.80. The van der Waals surface area contributed by atoms with Crippen molar-refractivity contribution in [3.05, 3.63) is 89.7 Å². The molecule has 1 aromatic heterocycles. The van der Waals surface area contributed by atoms with Crippen molar-refractivity contribution in [2.24, 2.45) is 29.6 Å². The van der Waals surface area contributed by atoms with Crippen LogP contribution in [0.4, 0.5) is 0 Å². The lowest BCUT2D eigenvalue weighted by molar-refractivity contribution is -0.127. The Labute approximate surface area is 219 Å². The van der Waals surface area contributed by atoms with E-state index in [9.17, 15) is 4.79 Å². The molecule has 194 valence electrons. The van der Waals surface area contributed by atoms with Crippen molar-refractivity contribution in [2.45, 2.75) is 73.8 Å². The van der Waals surface area contributed by atoms with Gasteiger partial charge in [-0.2, -0.15) is 0 Å². The van der Waals surface area contributed by atoms with Crippen LogP contribution in [0, 0.1) is 36.5 Å². The number of nitrogens with zero attached hydrogens (tertiary/aromatic N) is 1. The van der Waals surface area contributed by atoms with Crippen LogP contribution in [-0.4, -0.2) is 10.5 Å². The van der Waals surface area contributed by atoms with Crippen molar-refractivity contribution < 1.29 is 4.79 Å². The van der Waals surface area contributed by atoms with Crippen molar-refractivity contribution in [3.8, 4) is 5.69 Å². The molecular weight excluding hydrogens is 440 g/mol. The van der Waals surface area contributed by atoms with E-state index in [1.165, 1.54) is 24.0 Å². The largest absolute Gasteiger partial charge is 0.352 e. The third-order valence-electron chi connectivity index (χ3n) is 7.70. The van der Waals surface area contributed by atoms with Gasteiger partial charge in [0.2, 0.25) is 5.91 Å². The standard InChI is InChI=1S/C33H46N2O/c1-24(2)30(22-28-12-9-26(5)10-13-28)16-11-27(6)21-32(25(3)4)33(36)34-23-29-14-17-31(18-15-29)35-19-7-8-20-35/h7-10,12-15,17-20,24-25,27,30,32H,11,16,21-23H2,1-6H3,(H,34,36). The molecule has 0 fully saturated rings. The second kappa shape index (κ2) is 13.5. The second-order valence-electron chi connectivity index (χ2n) is 11.4. The van der Waals surface area contributed by atoms with E-state index in [0.29, 0.717) is 30.2 Å². The van der Waals surface area contributed by atoms with Crippen LogP contribution in [0.1, 0.15) is 70.6 Å². The first-order chi connectivity index (χ1) is 17.2. The molecule has 3 rings (SSSR count). The summed E-state index contributed by atoms with van der Waals surface area (Å²) in [4.78, 5) is 13.1. The number of benzene rings is 2. The van der Waals surface area contributed by atoms with Crippen molar-refractivity contribution >= 4 is 5.91 Å². The number of aryl methyl sites for hydroxylation is 1. The highest BCUT2D eigenvalue weighted by atomic mass is 16.1. The molecule has 1 N–H and O–H groups in total. The van der Waals surface area contributed by atoms with E-state index in [0.717, 1.165) is 24.1 Å². The Hall–Kier alpha value is -2.81. The summed E-state index contributed by atoms with van der Waals surface area (Å²) in [6.07, 6.45) is 8.56. The molecule has 3 atom stereocenters. The molecular formula is C33H46N2O. The second-order valence-corrected chi connectivity index (χ2v) is 11.4. The van der Waals surface area contributed by atoms with Crippen molar-refractivity contribution in [3.63, 3.8) is 0 Å². The monoisotopic (exact) mass is 486 g/mol. The molecule has 2 aromatic carbocycles. The average Bonchev–Trinajstić information content (AvgIpc) is 3.40. The average molecular weight is 487 g/mol. The molecule has 1 amide bonds. The highest BCUT2D eigenvalue weighted by Gasteiger charge is 2.25. The molecule has 3 unspecified atom stereocenters. The highest BCUT2D eigenvalue weighted by molar-refractivity contribution is 5.78. The van der Waals surface area contributed by atoms with Gasteiger partial charge in [0.05, 0.1) is 0 Å². The number of aromatic nitrogens is 1. The molecule has 0 saturated carbocycles. The molecule has 0 saturated heterocycles. The van der Waals surface area contributed by atoms with E-state index in [4.69, 9.17) is 0 Å². The summed E-state index contributed by atoms with van der Waals surface area (Å²) in [7, 11) is 0. The lowest BCUT2D eigenvalue weighted by Gasteiger charge is -2.26. The molecule has 1 heterocycles. The first-order valence-electron chi connectivity index (χ1n) is 13.8. The predicted molar refractivity (Wildman–Crippen MR) is 152 cm³/mol. The number of amides is 1. The maximum atomic E-state index is 13.1. The Morgan fingerprint density at radius 2 is 1.42 bits per heavy atom. The summed E-state index contributed by atoms with van der Waals surface area (Å²) >= 11 is 0. The number of nitrogens with one attached hydrogen (secondary N) is 1. The van der Waals surface area contributed by atoms with E-state index < -0.39 is 0 Å². The summed E-state index contributed by atoms with van der Waals surface area (Å²) in [5.74, 6) is 2.43. The Kier molecular flexibility index (Phi) is 10.4. The molecule has 3 nitrogen and oxygen atoms in total. The van der Waals surface area contributed by atoms with Crippen LogP contribution in [0.5, 0.6) is 0 Å². The van der Waals surface area contributed by atoms with E-state index in [2.05, 4.69) is 100.0 Å². The molecule has 0 bridgehead atoms. The third kappa shape index (κ3) is 8.40. The van der Waals surface area contributed by atoms with Gasteiger partial charge in [-0.15, -0.1) is 0 Å². The molecule has 3 aromatic rings. The zero-order valence-corrected chi connectivity index (χ0v) is 23.2. The zero-order chi connectivity index (χ0) is 26.1. The first kappa shape index (κ1) is 27.8. The fraction of sp³-hybridized carbons (Fsp3) is 0.485. The number of rotatable bonds is 13. The summed E-state index contributed by atoms with van der Waals surface area (Å²) in [5.41, 5.74) is 5.02. The lowest BCUT2D eigenvalue weighted by Crippen LogP contribution is -2.34. The summed E-state index contributed by atoms with van der Waals surface area (Å²) < 4.78 is 2.09. The normalized spacial score (nSPS) is 14.1. The Morgan fingerprint density at radius 1 is 0.806 bits per heavy atom. The Morgan fingerprint density at radius 3 is 2.00 bits per heavy atom. The van der Waals surface area contributed by atoms with Crippen LogP contribution in [0.25, 0.3) is 5.69 Å². The fourth-order valence-corrected chi connectivity index (χ4v) is 5.04. The van der Waals surface area contributed by atoms with Gasteiger partial charge in [0, 0.05) is 30.5 Å². The smallest absolute Gasteiger partial charge is 0.223 e. The number of carbonyl (C=O) groups excluding carboxylic acids is 1. The predicted octanol–water partition coefficient (Wildman–Crippen LogP) is 8.00. The van der Waals surface area contributed by atoms with Crippen LogP contribution >= 0.6 is 0 Å². The van der Waals surface area contributed by atoms with Gasteiger partial charge in [0.1, 0.15) is 0 Å². The van der Waals surface area contributed by atoms with Gasteiger partial charge in [-0.3, -0.25) is 4.79 Å². The van der Waals surface area contributed by atoms with Gasteiger partial charge in [-0.05, 0) is 85.3 Å².